The molecule has 0 amide bonds. The molecule has 0 spiro atoms. The summed E-state index contributed by atoms with van der Waals surface area (Å²) < 4.78 is 2.19. The van der Waals surface area contributed by atoms with Crippen LogP contribution in [0.15, 0.2) is 29.6 Å². The highest BCUT2D eigenvalue weighted by molar-refractivity contribution is 5.99. The summed E-state index contributed by atoms with van der Waals surface area (Å²) in [6.07, 6.45) is 6.47. The van der Waals surface area contributed by atoms with Gasteiger partial charge in [0.1, 0.15) is 5.82 Å². The van der Waals surface area contributed by atoms with Gasteiger partial charge in [-0.1, -0.05) is 19.0 Å². The SMILES string of the molecule is Cc1cc(C(=O)CO/N=C(/N)c2ccc(N3CCCCC3)nc2)c(C)n1CCC(C)C. The maximum atomic E-state index is 12.6. The molecule has 1 fully saturated rings. The maximum Gasteiger partial charge on any atom is 0.204 e. The minimum Gasteiger partial charge on any atom is -0.386 e. The Morgan fingerprint density at radius 1 is 1.23 bits per heavy atom. The topological polar surface area (TPSA) is 85.7 Å². The van der Waals surface area contributed by atoms with Crippen LogP contribution in [0.2, 0.25) is 0 Å². The Labute approximate surface area is 185 Å². The molecule has 1 saturated heterocycles. The van der Waals surface area contributed by atoms with E-state index in [0.29, 0.717) is 17.0 Å². The lowest BCUT2D eigenvalue weighted by molar-refractivity contribution is 0.0775. The highest BCUT2D eigenvalue weighted by Crippen LogP contribution is 2.19. The average Bonchev–Trinajstić information content (AvgIpc) is 3.06. The number of nitrogens with two attached hydrogens (primary N) is 1. The van der Waals surface area contributed by atoms with Gasteiger partial charge >= 0.3 is 0 Å². The molecule has 0 aromatic carbocycles. The second-order valence-corrected chi connectivity index (χ2v) is 8.74. The van der Waals surface area contributed by atoms with Gasteiger partial charge in [-0.05, 0) is 63.6 Å². The third-order valence-electron chi connectivity index (χ3n) is 5.89. The van der Waals surface area contributed by atoms with E-state index in [1.807, 2.05) is 32.0 Å². The molecule has 0 atom stereocenters. The number of amidine groups is 1. The average molecular weight is 426 g/mol. The highest BCUT2D eigenvalue weighted by Gasteiger charge is 2.17. The number of hydrogen-bond acceptors (Lipinski definition) is 5. The van der Waals surface area contributed by atoms with Crippen LogP contribution in [0.5, 0.6) is 0 Å². The van der Waals surface area contributed by atoms with Crippen LogP contribution in [0.4, 0.5) is 5.82 Å². The standard InChI is InChI=1S/C24H35N5O2/c1-17(2)10-13-29-18(3)14-21(19(29)4)22(30)16-31-27-24(25)20-8-9-23(26-15-20)28-11-6-5-7-12-28/h8-9,14-15,17H,5-7,10-13,16H2,1-4H3,(H2,25,27). The summed E-state index contributed by atoms with van der Waals surface area (Å²) in [4.78, 5) is 24.7. The van der Waals surface area contributed by atoms with E-state index in [1.54, 1.807) is 6.20 Å². The van der Waals surface area contributed by atoms with Gasteiger partial charge in [0.05, 0.1) is 0 Å². The molecule has 1 aliphatic rings. The zero-order valence-corrected chi connectivity index (χ0v) is 19.2. The van der Waals surface area contributed by atoms with Crippen LogP contribution in [0.3, 0.4) is 0 Å². The minimum absolute atomic E-state index is 0.0981. The van der Waals surface area contributed by atoms with E-state index >= 15 is 0 Å². The highest BCUT2D eigenvalue weighted by atomic mass is 16.6. The first-order valence-corrected chi connectivity index (χ1v) is 11.2. The Balaban J connectivity index is 1.57. The number of aromatic nitrogens is 2. The summed E-state index contributed by atoms with van der Waals surface area (Å²) in [6, 6.07) is 5.78. The number of Topliss-reactive ketones (excluding diaryl/α,β-unsaturated/α-hetero) is 1. The first-order chi connectivity index (χ1) is 14.9. The van der Waals surface area contributed by atoms with E-state index < -0.39 is 0 Å². The molecule has 3 heterocycles. The largest absolute Gasteiger partial charge is 0.386 e. The quantitative estimate of drug-likeness (QED) is 0.283. The van der Waals surface area contributed by atoms with Gasteiger partial charge < -0.3 is 20.0 Å². The van der Waals surface area contributed by atoms with E-state index in [-0.39, 0.29) is 18.2 Å². The van der Waals surface area contributed by atoms with E-state index in [1.165, 1.54) is 19.3 Å². The van der Waals surface area contributed by atoms with Gasteiger partial charge in [-0.15, -0.1) is 0 Å². The lowest BCUT2D eigenvalue weighted by Crippen LogP contribution is -2.30. The van der Waals surface area contributed by atoms with Crippen molar-refractivity contribution >= 4 is 17.4 Å². The van der Waals surface area contributed by atoms with Crippen molar-refractivity contribution in [1.82, 2.24) is 9.55 Å². The molecule has 2 N–H and O–H groups in total. The zero-order valence-electron chi connectivity index (χ0n) is 19.2. The molecule has 31 heavy (non-hydrogen) atoms. The number of ketones is 1. The first-order valence-electron chi connectivity index (χ1n) is 11.2. The number of carbonyl (C=O) groups is 1. The Morgan fingerprint density at radius 2 is 1.97 bits per heavy atom. The number of oxime groups is 1. The van der Waals surface area contributed by atoms with Crippen LogP contribution in [0.25, 0.3) is 0 Å². The van der Waals surface area contributed by atoms with Crippen molar-refractivity contribution in [1.29, 1.82) is 0 Å². The van der Waals surface area contributed by atoms with Crippen LogP contribution >= 0.6 is 0 Å². The van der Waals surface area contributed by atoms with Crippen LogP contribution < -0.4 is 10.6 Å². The van der Waals surface area contributed by atoms with Crippen LogP contribution in [0, 0.1) is 19.8 Å². The molecular formula is C24H35N5O2. The number of aryl methyl sites for hydroxylation is 1. The predicted molar refractivity (Wildman–Crippen MR) is 125 cm³/mol. The van der Waals surface area contributed by atoms with E-state index in [2.05, 4.69) is 33.5 Å². The van der Waals surface area contributed by atoms with Gasteiger partial charge in [0, 0.05) is 48.3 Å². The molecule has 0 saturated carbocycles. The molecule has 168 valence electrons. The Bertz CT molecular complexity index is 909. The van der Waals surface area contributed by atoms with Crippen molar-refractivity contribution in [2.24, 2.45) is 16.8 Å². The second kappa shape index (κ2) is 10.5. The molecule has 1 aliphatic heterocycles. The molecule has 3 rings (SSSR count). The molecule has 2 aromatic rings. The number of anilines is 1. The Morgan fingerprint density at radius 3 is 2.61 bits per heavy atom. The minimum atomic E-state index is -0.144. The zero-order chi connectivity index (χ0) is 22.4. The van der Waals surface area contributed by atoms with Crippen molar-refractivity contribution in [2.45, 2.75) is 59.9 Å². The molecule has 7 heteroatoms. The lowest BCUT2D eigenvalue weighted by atomic mass is 10.1. The van der Waals surface area contributed by atoms with Crippen molar-refractivity contribution in [2.75, 3.05) is 24.6 Å². The summed E-state index contributed by atoms with van der Waals surface area (Å²) in [5.41, 5.74) is 9.45. The number of nitrogens with zero attached hydrogens (tertiary/aromatic N) is 4. The van der Waals surface area contributed by atoms with E-state index in [0.717, 1.165) is 43.3 Å². The van der Waals surface area contributed by atoms with Gasteiger partial charge in [-0.3, -0.25) is 4.79 Å². The third kappa shape index (κ3) is 5.87. The molecule has 0 bridgehead atoms. The molecular weight excluding hydrogens is 390 g/mol. The number of hydrogen-bond donors (Lipinski definition) is 1. The maximum absolute atomic E-state index is 12.6. The normalized spacial score (nSPS) is 14.9. The Hall–Kier alpha value is -2.83. The van der Waals surface area contributed by atoms with E-state index in [9.17, 15) is 4.79 Å². The molecule has 7 nitrogen and oxygen atoms in total. The third-order valence-corrected chi connectivity index (χ3v) is 5.89. The van der Waals surface area contributed by atoms with Gasteiger partial charge in [0.15, 0.2) is 12.4 Å². The summed E-state index contributed by atoms with van der Waals surface area (Å²) >= 11 is 0. The molecule has 0 radical (unpaired) electrons. The van der Waals surface area contributed by atoms with Crippen LogP contribution in [-0.4, -0.2) is 40.9 Å². The summed E-state index contributed by atoms with van der Waals surface area (Å²) in [5.74, 6) is 1.69. The molecule has 0 aliphatic carbocycles. The fourth-order valence-electron chi connectivity index (χ4n) is 3.95. The monoisotopic (exact) mass is 425 g/mol. The van der Waals surface area contributed by atoms with Crippen molar-refractivity contribution in [3.05, 3.63) is 46.9 Å². The number of rotatable bonds is 9. The second-order valence-electron chi connectivity index (χ2n) is 8.74. The Kier molecular flexibility index (Phi) is 7.71. The van der Waals surface area contributed by atoms with Crippen molar-refractivity contribution < 1.29 is 9.63 Å². The van der Waals surface area contributed by atoms with Crippen LogP contribution in [-0.2, 0) is 11.4 Å². The van der Waals surface area contributed by atoms with Gasteiger partial charge in [0.2, 0.25) is 5.78 Å². The summed E-state index contributed by atoms with van der Waals surface area (Å²) in [5, 5.41) is 3.93. The van der Waals surface area contributed by atoms with Crippen molar-refractivity contribution in [3.8, 4) is 0 Å². The number of carbonyl (C=O) groups excluding carboxylic acids is 1. The van der Waals surface area contributed by atoms with Crippen molar-refractivity contribution in [3.63, 3.8) is 0 Å². The predicted octanol–water partition coefficient (Wildman–Crippen LogP) is 4.06. The molecule has 2 aromatic heterocycles. The van der Waals surface area contributed by atoms with Crippen LogP contribution in [0.1, 0.15) is 66.8 Å². The summed E-state index contributed by atoms with van der Waals surface area (Å²) in [6.45, 7) is 11.3. The fraction of sp³-hybridized carbons (Fsp3) is 0.542. The van der Waals surface area contributed by atoms with Gasteiger partial charge in [-0.2, -0.15) is 0 Å². The van der Waals surface area contributed by atoms with E-state index in [4.69, 9.17) is 10.6 Å². The smallest absolute Gasteiger partial charge is 0.204 e. The fourth-order valence-corrected chi connectivity index (χ4v) is 3.95. The van der Waals surface area contributed by atoms with Gasteiger partial charge in [0.25, 0.3) is 0 Å². The lowest BCUT2D eigenvalue weighted by Gasteiger charge is -2.27. The number of pyridine rings is 1. The first kappa shape index (κ1) is 22.8. The molecule has 0 unspecified atom stereocenters. The summed E-state index contributed by atoms with van der Waals surface area (Å²) in [7, 11) is 0. The number of piperidine rings is 1. The van der Waals surface area contributed by atoms with Gasteiger partial charge in [-0.25, -0.2) is 4.98 Å².